The van der Waals surface area contributed by atoms with Gasteiger partial charge in [0.1, 0.15) is 0 Å². The summed E-state index contributed by atoms with van der Waals surface area (Å²) in [6.45, 7) is 6.15. The van der Waals surface area contributed by atoms with Gasteiger partial charge in [0.15, 0.2) is 0 Å². The second-order valence-electron chi connectivity index (χ2n) is 7.18. The first kappa shape index (κ1) is 21.9. The van der Waals surface area contributed by atoms with Gasteiger partial charge in [-0.25, -0.2) is 13.1 Å². The van der Waals surface area contributed by atoms with E-state index >= 15 is 0 Å². The maximum absolute atomic E-state index is 12.4. The van der Waals surface area contributed by atoms with Crippen molar-refractivity contribution in [3.63, 3.8) is 0 Å². The quantitative estimate of drug-likeness (QED) is 0.584. The van der Waals surface area contributed by atoms with Crippen molar-refractivity contribution in [3.8, 4) is 0 Å². The largest absolute Gasteiger partial charge is 0.352 e. The number of carbonyl (C=O) groups excluding carboxylic acids is 1. The fourth-order valence-corrected chi connectivity index (χ4v) is 4.87. The van der Waals surface area contributed by atoms with Crippen LogP contribution in [-0.4, -0.2) is 70.4 Å². The van der Waals surface area contributed by atoms with Gasteiger partial charge in [-0.3, -0.25) is 4.79 Å². The van der Waals surface area contributed by atoms with Gasteiger partial charge in [-0.05, 0) is 55.7 Å². The molecule has 158 valence electrons. The highest BCUT2D eigenvalue weighted by molar-refractivity contribution is 7.89. The summed E-state index contributed by atoms with van der Waals surface area (Å²) < 4.78 is 27.3. The highest BCUT2D eigenvalue weighted by Gasteiger charge is 2.16. The van der Waals surface area contributed by atoms with Gasteiger partial charge >= 0.3 is 0 Å². The summed E-state index contributed by atoms with van der Waals surface area (Å²) in [4.78, 5) is 18.1. The number of amides is 1. The Kier molecular flexibility index (Phi) is 7.79. The molecule has 2 N–H and O–H groups in total. The lowest BCUT2D eigenvalue weighted by molar-refractivity contribution is 0.0949. The van der Waals surface area contributed by atoms with E-state index in [1.165, 1.54) is 23.5 Å². The molecule has 0 unspecified atom stereocenters. The highest BCUT2D eigenvalue weighted by Crippen LogP contribution is 2.13. The standard InChI is InChI=1S/C20H28N4O3S2/c1-23-11-13-24(14-12-23)10-3-9-21-20(25)17-5-7-19(8-6-17)29(26,27)22-16-18-4-2-15-28-18/h2,4-8,15,22H,3,9-14,16H2,1H3,(H,21,25). The molecule has 1 aliphatic rings. The Hall–Kier alpha value is -1.78. The van der Waals surface area contributed by atoms with Gasteiger partial charge in [-0.15, -0.1) is 11.3 Å². The molecular weight excluding hydrogens is 408 g/mol. The minimum atomic E-state index is -3.60. The Labute approximate surface area is 176 Å². The summed E-state index contributed by atoms with van der Waals surface area (Å²) in [5, 5.41) is 4.81. The highest BCUT2D eigenvalue weighted by atomic mass is 32.2. The van der Waals surface area contributed by atoms with Crippen LogP contribution in [0.2, 0.25) is 0 Å². The molecule has 7 nitrogen and oxygen atoms in total. The summed E-state index contributed by atoms with van der Waals surface area (Å²) in [5.41, 5.74) is 0.460. The second-order valence-corrected chi connectivity index (χ2v) is 9.98. The van der Waals surface area contributed by atoms with Gasteiger partial charge in [-0.1, -0.05) is 6.07 Å². The number of thiophene rings is 1. The normalized spacial score (nSPS) is 16.0. The van der Waals surface area contributed by atoms with E-state index in [-0.39, 0.29) is 17.3 Å². The molecule has 9 heteroatoms. The number of carbonyl (C=O) groups is 1. The summed E-state index contributed by atoms with van der Waals surface area (Å²) in [7, 11) is -1.47. The molecule has 2 heterocycles. The van der Waals surface area contributed by atoms with Crippen molar-refractivity contribution in [1.29, 1.82) is 0 Å². The molecule has 1 saturated heterocycles. The van der Waals surface area contributed by atoms with Crippen LogP contribution in [0.4, 0.5) is 0 Å². The molecule has 3 rings (SSSR count). The van der Waals surface area contributed by atoms with Crippen LogP contribution >= 0.6 is 11.3 Å². The minimum absolute atomic E-state index is 0.153. The molecule has 1 aliphatic heterocycles. The third kappa shape index (κ3) is 6.61. The molecule has 1 aromatic heterocycles. The predicted octanol–water partition coefficient (Wildman–Crippen LogP) is 1.59. The molecular formula is C20H28N4O3S2. The van der Waals surface area contributed by atoms with Crippen molar-refractivity contribution in [2.75, 3.05) is 46.3 Å². The topological polar surface area (TPSA) is 81.8 Å². The van der Waals surface area contributed by atoms with Gasteiger partial charge in [0, 0.05) is 49.7 Å². The number of likely N-dealkylation sites (N-methyl/N-ethyl adjacent to an activating group) is 1. The molecule has 1 fully saturated rings. The fourth-order valence-electron chi connectivity index (χ4n) is 3.13. The average Bonchev–Trinajstić information content (AvgIpc) is 3.25. The van der Waals surface area contributed by atoms with Crippen molar-refractivity contribution in [2.24, 2.45) is 0 Å². The molecule has 0 saturated carbocycles. The first-order valence-corrected chi connectivity index (χ1v) is 12.1. The lowest BCUT2D eigenvalue weighted by Gasteiger charge is -2.32. The molecule has 29 heavy (non-hydrogen) atoms. The summed E-state index contributed by atoms with van der Waals surface area (Å²) >= 11 is 1.50. The number of nitrogens with zero attached hydrogens (tertiary/aromatic N) is 2. The van der Waals surface area contributed by atoms with E-state index in [4.69, 9.17) is 0 Å². The SMILES string of the molecule is CN1CCN(CCCNC(=O)c2ccc(S(=O)(=O)NCc3cccs3)cc2)CC1. The third-order valence-electron chi connectivity index (χ3n) is 4.98. The van der Waals surface area contributed by atoms with Crippen LogP contribution in [-0.2, 0) is 16.6 Å². The zero-order valence-electron chi connectivity index (χ0n) is 16.6. The Balaban J connectivity index is 1.43. The third-order valence-corrected chi connectivity index (χ3v) is 7.27. The molecule has 0 bridgehead atoms. The van der Waals surface area contributed by atoms with E-state index in [9.17, 15) is 13.2 Å². The first-order valence-electron chi connectivity index (χ1n) is 9.75. The predicted molar refractivity (Wildman–Crippen MR) is 116 cm³/mol. The number of benzene rings is 1. The van der Waals surface area contributed by atoms with Gasteiger partial charge < -0.3 is 15.1 Å². The number of hydrogen-bond donors (Lipinski definition) is 2. The van der Waals surface area contributed by atoms with Crippen LogP contribution in [0.5, 0.6) is 0 Å². The van der Waals surface area contributed by atoms with E-state index in [0.717, 1.165) is 44.0 Å². The number of piperazine rings is 1. The number of nitrogens with one attached hydrogen (secondary N) is 2. The molecule has 0 spiro atoms. The van der Waals surface area contributed by atoms with Crippen LogP contribution in [0, 0.1) is 0 Å². The second kappa shape index (κ2) is 10.3. The summed E-state index contributed by atoms with van der Waals surface area (Å²) in [6, 6.07) is 9.80. The molecule has 0 radical (unpaired) electrons. The van der Waals surface area contributed by atoms with E-state index in [0.29, 0.717) is 12.1 Å². The van der Waals surface area contributed by atoms with Crippen LogP contribution in [0.3, 0.4) is 0 Å². The van der Waals surface area contributed by atoms with Crippen LogP contribution in [0.25, 0.3) is 0 Å². The molecule has 2 aromatic rings. The maximum Gasteiger partial charge on any atom is 0.251 e. The van der Waals surface area contributed by atoms with Gasteiger partial charge in [-0.2, -0.15) is 0 Å². The molecule has 0 atom stereocenters. The van der Waals surface area contributed by atoms with Crippen molar-refractivity contribution >= 4 is 27.3 Å². The Morgan fingerprint density at radius 3 is 2.48 bits per heavy atom. The van der Waals surface area contributed by atoms with Crippen molar-refractivity contribution in [3.05, 3.63) is 52.2 Å². The monoisotopic (exact) mass is 436 g/mol. The number of sulfonamides is 1. The van der Waals surface area contributed by atoms with Crippen LogP contribution in [0.1, 0.15) is 21.7 Å². The lowest BCUT2D eigenvalue weighted by Crippen LogP contribution is -2.45. The minimum Gasteiger partial charge on any atom is -0.352 e. The number of hydrogen-bond acceptors (Lipinski definition) is 6. The summed E-state index contributed by atoms with van der Waals surface area (Å²) in [5.74, 6) is -0.182. The fraction of sp³-hybridized carbons (Fsp3) is 0.450. The Bertz CT molecular complexity index is 875. The van der Waals surface area contributed by atoms with Gasteiger partial charge in [0.25, 0.3) is 5.91 Å². The van der Waals surface area contributed by atoms with Gasteiger partial charge in [0.05, 0.1) is 4.90 Å². The first-order chi connectivity index (χ1) is 13.9. The van der Waals surface area contributed by atoms with E-state index < -0.39 is 10.0 Å². The maximum atomic E-state index is 12.4. The Morgan fingerprint density at radius 1 is 1.10 bits per heavy atom. The zero-order chi connectivity index (χ0) is 20.7. The number of rotatable bonds is 9. The van der Waals surface area contributed by atoms with E-state index in [2.05, 4.69) is 26.9 Å². The van der Waals surface area contributed by atoms with E-state index in [1.807, 2.05) is 17.5 Å². The molecule has 0 aliphatic carbocycles. The molecule has 1 amide bonds. The Morgan fingerprint density at radius 2 is 1.83 bits per heavy atom. The van der Waals surface area contributed by atoms with E-state index in [1.54, 1.807) is 12.1 Å². The lowest BCUT2D eigenvalue weighted by atomic mass is 10.2. The zero-order valence-corrected chi connectivity index (χ0v) is 18.3. The summed E-state index contributed by atoms with van der Waals surface area (Å²) in [6.07, 6.45) is 0.897. The van der Waals surface area contributed by atoms with Gasteiger partial charge in [0.2, 0.25) is 10.0 Å². The van der Waals surface area contributed by atoms with Crippen molar-refractivity contribution < 1.29 is 13.2 Å². The molecule has 1 aromatic carbocycles. The van der Waals surface area contributed by atoms with Crippen LogP contribution in [0.15, 0.2) is 46.7 Å². The average molecular weight is 437 g/mol. The van der Waals surface area contributed by atoms with Crippen LogP contribution < -0.4 is 10.0 Å². The smallest absolute Gasteiger partial charge is 0.251 e. The van der Waals surface area contributed by atoms with Crippen molar-refractivity contribution in [2.45, 2.75) is 17.9 Å². The van der Waals surface area contributed by atoms with Crippen molar-refractivity contribution in [1.82, 2.24) is 19.8 Å².